The summed E-state index contributed by atoms with van der Waals surface area (Å²) in [5, 5.41) is 3.31. The number of anilines is 4. The smallest absolute Gasteiger partial charge is 0.415 e. The molecule has 244 valence electrons. The highest BCUT2D eigenvalue weighted by atomic mass is 16.6. The normalized spacial score (nSPS) is 17.1. The van der Waals surface area contributed by atoms with E-state index in [4.69, 9.17) is 19.2 Å². The van der Waals surface area contributed by atoms with Gasteiger partial charge in [0.1, 0.15) is 17.9 Å². The number of nitrogens with zero attached hydrogens (tertiary/aromatic N) is 6. The van der Waals surface area contributed by atoms with Crippen molar-refractivity contribution >= 4 is 35.1 Å². The van der Waals surface area contributed by atoms with Crippen molar-refractivity contribution in [1.29, 1.82) is 0 Å². The Labute approximate surface area is 270 Å². The molecule has 2 aromatic heterocycles. The predicted octanol–water partition coefficient (Wildman–Crippen LogP) is 5.22. The third kappa shape index (κ3) is 6.57. The number of carbonyl (C=O) groups is 2. The van der Waals surface area contributed by atoms with E-state index >= 15 is 0 Å². The highest BCUT2D eigenvalue weighted by molar-refractivity contribution is 5.93. The number of hydrogen-bond donors (Lipinski definition) is 1. The summed E-state index contributed by atoms with van der Waals surface area (Å²) in [6.45, 7) is 11.6. The largest absolute Gasteiger partial charge is 0.474 e. The summed E-state index contributed by atoms with van der Waals surface area (Å²) >= 11 is 0. The van der Waals surface area contributed by atoms with Crippen molar-refractivity contribution in [3.8, 4) is 5.88 Å². The number of likely N-dealkylation sites (tertiary alicyclic amines) is 1. The minimum Gasteiger partial charge on any atom is -0.474 e. The van der Waals surface area contributed by atoms with Crippen LogP contribution in [0.2, 0.25) is 0 Å². The number of benzene rings is 1. The lowest BCUT2D eigenvalue weighted by Crippen LogP contribution is -2.42. The van der Waals surface area contributed by atoms with Gasteiger partial charge in [-0.25, -0.2) is 24.5 Å². The fourth-order valence-corrected chi connectivity index (χ4v) is 6.44. The lowest BCUT2D eigenvalue weighted by Gasteiger charge is -2.35. The molecule has 0 bridgehead atoms. The van der Waals surface area contributed by atoms with Gasteiger partial charge in [-0.2, -0.15) is 0 Å². The second kappa shape index (κ2) is 12.7. The molecule has 12 heteroatoms. The number of fused-ring (bicyclic) bond motifs is 2. The molecule has 5 heterocycles. The molecule has 1 saturated heterocycles. The van der Waals surface area contributed by atoms with Crippen LogP contribution in [0.5, 0.6) is 5.88 Å². The minimum atomic E-state index is -0.619. The number of hydrogen-bond acceptors (Lipinski definition) is 11. The molecule has 1 amide bonds. The van der Waals surface area contributed by atoms with Crippen LogP contribution in [0.3, 0.4) is 0 Å². The summed E-state index contributed by atoms with van der Waals surface area (Å²) < 4.78 is 16.7. The fourth-order valence-electron chi connectivity index (χ4n) is 6.44. The zero-order chi connectivity index (χ0) is 32.6. The Balaban J connectivity index is 1.23. The molecule has 0 atom stereocenters. The first kappa shape index (κ1) is 31.5. The van der Waals surface area contributed by atoms with Crippen LogP contribution in [0.25, 0.3) is 0 Å². The fraction of sp³-hybridized carbons (Fsp3) is 0.500. The number of methoxy groups -OCH3 is 1. The van der Waals surface area contributed by atoms with Crippen LogP contribution in [0.15, 0.2) is 30.6 Å². The van der Waals surface area contributed by atoms with E-state index in [1.807, 2.05) is 52.1 Å². The van der Waals surface area contributed by atoms with Crippen LogP contribution in [-0.4, -0.2) is 84.5 Å². The van der Waals surface area contributed by atoms with Gasteiger partial charge < -0.3 is 29.3 Å². The average Bonchev–Trinajstić information content (AvgIpc) is 3.03. The summed E-state index contributed by atoms with van der Waals surface area (Å²) in [5.41, 5.74) is 6.12. The maximum atomic E-state index is 13.1. The molecule has 3 aliphatic heterocycles. The molecule has 1 N–H and O–H groups in total. The number of pyridine rings is 1. The van der Waals surface area contributed by atoms with Gasteiger partial charge in [0, 0.05) is 24.0 Å². The first-order valence-corrected chi connectivity index (χ1v) is 15.9. The number of rotatable bonds is 5. The van der Waals surface area contributed by atoms with E-state index in [9.17, 15) is 9.59 Å². The first-order chi connectivity index (χ1) is 22.0. The summed E-state index contributed by atoms with van der Waals surface area (Å²) in [6.07, 6.45) is 6.02. The second-order valence-corrected chi connectivity index (χ2v) is 13.2. The lowest BCUT2D eigenvalue weighted by molar-refractivity contribution is 0.0564. The molecule has 3 aliphatic rings. The number of amides is 1. The van der Waals surface area contributed by atoms with Gasteiger partial charge >= 0.3 is 12.1 Å². The van der Waals surface area contributed by atoms with Gasteiger partial charge in [0.15, 0.2) is 0 Å². The molecule has 0 spiro atoms. The van der Waals surface area contributed by atoms with Gasteiger partial charge in [0.25, 0.3) is 0 Å². The number of aromatic nitrogens is 3. The Kier molecular flexibility index (Phi) is 8.73. The van der Waals surface area contributed by atoms with Crippen LogP contribution < -0.4 is 19.9 Å². The summed E-state index contributed by atoms with van der Waals surface area (Å²) in [6, 6.07) is 5.85. The van der Waals surface area contributed by atoms with E-state index in [0.29, 0.717) is 48.7 Å². The van der Waals surface area contributed by atoms with Crippen molar-refractivity contribution in [3.05, 3.63) is 58.5 Å². The van der Waals surface area contributed by atoms with Crippen molar-refractivity contribution in [3.63, 3.8) is 0 Å². The van der Waals surface area contributed by atoms with Crippen LogP contribution in [-0.2, 0) is 22.4 Å². The van der Waals surface area contributed by atoms with Crippen molar-refractivity contribution in [2.45, 2.75) is 65.0 Å². The van der Waals surface area contributed by atoms with E-state index in [1.54, 1.807) is 11.1 Å². The highest BCUT2D eigenvalue weighted by Gasteiger charge is 2.33. The lowest BCUT2D eigenvalue weighted by atomic mass is 9.86. The van der Waals surface area contributed by atoms with Crippen molar-refractivity contribution < 1.29 is 23.8 Å². The van der Waals surface area contributed by atoms with E-state index in [-0.39, 0.29) is 5.97 Å². The third-order valence-corrected chi connectivity index (χ3v) is 8.84. The number of ether oxygens (including phenoxy) is 3. The predicted molar refractivity (Wildman–Crippen MR) is 175 cm³/mol. The van der Waals surface area contributed by atoms with E-state index in [2.05, 4.69) is 32.1 Å². The zero-order valence-corrected chi connectivity index (χ0v) is 27.6. The van der Waals surface area contributed by atoms with Crippen molar-refractivity contribution in [2.75, 3.05) is 62.1 Å². The Morgan fingerprint density at radius 2 is 1.85 bits per heavy atom. The SMILES string of the molecule is COC(=O)c1cc(Nc2ncc3c(n2)CN(c2cnc4c(c2C)N(C(=O)OC(C)(C)C)CCO4)CC3)ccc1C1CCN(C)CC1. The molecular weight excluding hydrogens is 586 g/mol. The summed E-state index contributed by atoms with van der Waals surface area (Å²) in [5.74, 6) is 0.852. The molecule has 0 unspecified atom stereocenters. The molecule has 0 aliphatic carbocycles. The molecule has 6 rings (SSSR count). The number of esters is 1. The van der Waals surface area contributed by atoms with E-state index < -0.39 is 11.7 Å². The zero-order valence-electron chi connectivity index (χ0n) is 27.6. The number of piperidine rings is 1. The van der Waals surface area contributed by atoms with Crippen molar-refractivity contribution in [2.24, 2.45) is 0 Å². The molecule has 1 aromatic carbocycles. The standard InChI is InChI=1S/C34H43N7O5/c1-21-28(19-35-30-29(21)41(15-16-45-30)33(43)46-34(2,3)4)40-14-11-23-18-36-32(38-27(23)20-40)37-24-7-8-25(26(17-24)31(42)44-6)22-9-12-39(5)13-10-22/h7-8,17-19,22H,9-16,20H2,1-6H3,(H,36,37,38). The maximum Gasteiger partial charge on any atom is 0.415 e. The average molecular weight is 630 g/mol. The third-order valence-electron chi connectivity index (χ3n) is 8.84. The molecule has 12 nitrogen and oxygen atoms in total. The Morgan fingerprint density at radius 1 is 1.07 bits per heavy atom. The number of nitrogens with one attached hydrogen (secondary N) is 1. The van der Waals surface area contributed by atoms with Gasteiger partial charge in [-0.1, -0.05) is 6.07 Å². The molecule has 3 aromatic rings. The quantitative estimate of drug-likeness (QED) is 0.374. The van der Waals surface area contributed by atoms with Crippen molar-refractivity contribution in [1.82, 2.24) is 19.9 Å². The Morgan fingerprint density at radius 3 is 2.59 bits per heavy atom. The Hall–Kier alpha value is -4.45. The van der Waals surface area contributed by atoms with E-state index in [1.165, 1.54) is 7.11 Å². The molecular formula is C34H43N7O5. The van der Waals surface area contributed by atoms with Gasteiger partial charge in [-0.3, -0.25) is 4.90 Å². The molecule has 1 fully saturated rings. The Bertz CT molecular complexity index is 1630. The van der Waals surface area contributed by atoms with Crippen LogP contribution in [0, 0.1) is 6.92 Å². The van der Waals surface area contributed by atoms with Gasteiger partial charge in [-0.05, 0) is 96.3 Å². The van der Waals surface area contributed by atoms with Gasteiger partial charge in [0.05, 0.1) is 43.3 Å². The summed E-state index contributed by atoms with van der Waals surface area (Å²) in [4.78, 5) is 46.1. The van der Waals surface area contributed by atoms with Crippen LogP contribution in [0.4, 0.5) is 27.8 Å². The maximum absolute atomic E-state index is 13.1. The van der Waals surface area contributed by atoms with Crippen LogP contribution >= 0.6 is 0 Å². The van der Waals surface area contributed by atoms with Crippen LogP contribution in [0.1, 0.15) is 72.3 Å². The second-order valence-electron chi connectivity index (χ2n) is 13.2. The first-order valence-electron chi connectivity index (χ1n) is 15.9. The van der Waals surface area contributed by atoms with E-state index in [0.717, 1.165) is 72.7 Å². The molecule has 46 heavy (non-hydrogen) atoms. The molecule has 0 saturated carbocycles. The minimum absolute atomic E-state index is 0.314. The summed E-state index contributed by atoms with van der Waals surface area (Å²) in [7, 11) is 3.55. The highest BCUT2D eigenvalue weighted by Crippen LogP contribution is 2.40. The topological polar surface area (TPSA) is 122 Å². The monoisotopic (exact) mass is 629 g/mol. The number of carbonyl (C=O) groups excluding carboxylic acids is 2. The van der Waals surface area contributed by atoms with Gasteiger partial charge in [-0.15, -0.1) is 0 Å². The van der Waals surface area contributed by atoms with Gasteiger partial charge in [0.2, 0.25) is 11.8 Å². The molecule has 0 radical (unpaired) electrons.